The Kier molecular flexibility index (Phi) is 31.8. The molecule has 0 aromatic carbocycles. The summed E-state index contributed by atoms with van der Waals surface area (Å²) in [6.07, 6.45) is 18.9. The molecule has 4 heteroatoms. The number of allylic oxidation sites excluding steroid dienone is 2. The maximum Gasteiger partial charge on any atom is 1.00 e. The molecule has 0 spiro atoms. The molecule has 0 bridgehead atoms. The maximum atomic E-state index is 10.2. The van der Waals surface area contributed by atoms with Gasteiger partial charge in [-0.15, -0.1) is 0 Å². The van der Waals surface area contributed by atoms with Crippen LogP contribution in [0.5, 0.6) is 0 Å². The first-order valence-electron chi connectivity index (χ1n) is 7.91. The average molecular weight is 329 g/mol. The van der Waals surface area contributed by atoms with Gasteiger partial charge in [0.05, 0.1) is 0 Å². The van der Waals surface area contributed by atoms with Crippen LogP contribution >= 0.6 is 0 Å². The fourth-order valence-corrected chi connectivity index (χ4v) is 2.09. The summed E-state index contributed by atoms with van der Waals surface area (Å²) in [6, 6.07) is 0. The molecule has 0 rings (SSSR count). The Morgan fingerprint density at radius 3 is 1.71 bits per heavy atom. The van der Waals surface area contributed by atoms with Gasteiger partial charge in [-0.1, -0.05) is 50.7 Å². The monoisotopic (exact) mass is 328 g/mol. The van der Waals surface area contributed by atoms with E-state index in [1.807, 2.05) is 0 Å². The zero-order valence-electron chi connectivity index (χ0n) is 14.4. The molecule has 0 aliphatic heterocycles. The summed E-state index contributed by atoms with van der Waals surface area (Å²) in [7, 11) is 0. The van der Waals surface area contributed by atoms with E-state index >= 15 is 0 Å². The third kappa shape index (κ3) is 27.0. The number of carboxylic acids is 1. The fourth-order valence-electron chi connectivity index (χ4n) is 2.09. The van der Waals surface area contributed by atoms with Gasteiger partial charge in [-0.05, 0) is 38.5 Å². The summed E-state index contributed by atoms with van der Waals surface area (Å²) in [5.74, 6) is -0.918. The van der Waals surface area contributed by atoms with E-state index in [4.69, 9.17) is 0 Å². The minimum atomic E-state index is -0.918. The van der Waals surface area contributed by atoms with Crippen molar-refractivity contribution in [3.05, 3.63) is 19.1 Å². The Balaban J connectivity index is -0.00000162. The van der Waals surface area contributed by atoms with Crippen LogP contribution in [0.4, 0.5) is 0 Å². The Morgan fingerprint density at radius 2 is 1.24 bits per heavy atom. The normalized spacial score (nSPS) is 10.1. The van der Waals surface area contributed by atoms with Crippen LogP contribution < -0.4 is 86.0 Å². The van der Waals surface area contributed by atoms with Gasteiger partial charge in [0.25, 0.3) is 0 Å². The molecule has 0 unspecified atom stereocenters. The molecule has 0 saturated carbocycles. The van der Waals surface area contributed by atoms with Gasteiger partial charge >= 0.3 is 80.9 Å². The third-order valence-electron chi connectivity index (χ3n) is 3.29. The van der Waals surface area contributed by atoms with E-state index in [9.17, 15) is 9.90 Å². The van der Waals surface area contributed by atoms with E-state index < -0.39 is 5.97 Å². The predicted molar refractivity (Wildman–Crippen MR) is 79.5 cm³/mol. The van der Waals surface area contributed by atoms with Crippen molar-refractivity contribution in [1.29, 1.82) is 0 Å². The van der Waals surface area contributed by atoms with Crippen LogP contribution in [0.15, 0.2) is 12.2 Å². The average Bonchev–Trinajstić information content (AvgIpc) is 2.39. The van der Waals surface area contributed by atoms with Crippen LogP contribution in [-0.2, 0) is 4.79 Å². The van der Waals surface area contributed by atoms with Gasteiger partial charge in [0, 0.05) is 5.97 Å². The SMILES string of the molecule is [CH2-]CCCCCC/C=C\CCCCCCCC(=O)[O-].[K+].[Na+]. The van der Waals surface area contributed by atoms with Gasteiger partial charge in [-0.3, -0.25) is 0 Å². The first-order chi connectivity index (χ1) is 9.27. The molecule has 0 fully saturated rings. The number of hydrogen-bond donors (Lipinski definition) is 0. The summed E-state index contributed by atoms with van der Waals surface area (Å²) >= 11 is 0. The molecule has 0 radical (unpaired) electrons. The second-order valence-electron chi connectivity index (χ2n) is 5.21. The van der Waals surface area contributed by atoms with Crippen molar-refractivity contribution in [1.82, 2.24) is 0 Å². The van der Waals surface area contributed by atoms with Crippen LogP contribution in [0.3, 0.4) is 0 Å². The second kappa shape index (κ2) is 24.1. The maximum absolute atomic E-state index is 10.2. The number of carbonyl (C=O) groups is 1. The number of rotatable bonds is 14. The van der Waals surface area contributed by atoms with E-state index in [0.29, 0.717) is 0 Å². The summed E-state index contributed by atoms with van der Waals surface area (Å²) in [5.41, 5.74) is 0. The molecule has 0 aromatic heterocycles. The number of unbranched alkanes of at least 4 members (excludes halogenated alkanes) is 10. The summed E-state index contributed by atoms with van der Waals surface area (Å²) in [6.45, 7) is 3.84. The Morgan fingerprint density at radius 1 is 0.810 bits per heavy atom. The molecule has 0 saturated heterocycles. The van der Waals surface area contributed by atoms with E-state index in [-0.39, 0.29) is 87.4 Å². The summed E-state index contributed by atoms with van der Waals surface area (Å²) in [4.78, 5) is 10.2. The molecule has 0 aliphatic carbocycles. The largest absolute Gasteiger partial charge is 1.00 e. The molecule has 0 atom stereocenters. The Hall–Kier alpha value is 1.85. The quantitative estimate of drug-likeness (QED) is 0.163. The molecular weight excluding hydrogens is 298 g/mol. The van der Waals surface area contributed by atoms with Crippen molar-refractivity contribution in [2.24, 2.45) is 0 Å². The summed E-state index contributed by atoms with van der Waals surface area (Å²) in [5, 5.41) is 10.2. The van der Waals surface area contributed by atoms with E-state index in [0.717, 1.165) is 25.7 Å². The van der Waals surface area contributed by atoms with Crippen molar-refractivity contribution in [2.75, 3.05) is 0 Å². The van der Waals surface area contributed by atoms with Crippen molar-refractivity contribution in [2.45, 2.75) is 83.5 Å². The van der Waals surface area contributed by atoms with Gasteiger partial charge in [0.1, 0.15) is 0 Å². The fraction of sp³-hybridized carbons (Fsp3) is 0.765. The minimum Gasteiger partial charge on any atom is -0.550 e. The molecule has 0 aromatic rings. The van der Waals surface area contributed by atoms with Gasteiger partial charge < -0.3 is 16.8 Å². The van der Waals surface area contributed by atoms with Crippen LogP contribution in [0.25, 0.3) is 0 Å². The van der Waals surface area contributed by atoms with Crippen LogP contribution in [0, 0.1) is 6.92 Å². The first-order valence-corrected chi connectivity index (χ1v) is 7.91. The standard InChI is InChI=1S/C17H31O2.K.Na/c1-2-3-4-5-6-7-8-9-10-11-12-13-14-15-16-17(18)19;;/h8-9H,1-7,10-16H2,(H,18,19);;/q-1;2*+1/p-1/b9-8-;;. The van der Waals surface area contributed by atoms with Gasteiger partial charge in [-0.25, -0.2) is 0 Å². The Bertz CT molecular complexity index is 233. The van der Waals surface area contributed by atoms with Crippen LogP contribution in [-0.4, -0.2) is 5.97 Å². The number of carbonyl (C=O) groups excluding carboxylic acids is 1. The van der Waals surface area contributed by atoms with Gasteiger partial charge in [0.15, 0.2) is 0 Å². The molecule has 0 aliphatic rings. The molecule has 21 heavy (non-hydrogen) atoms. The van der Waals surface area contributed by atoms with Crippen LogP contribution in [0.1, 0.15) is 83.5 Å². The molecule has 0 heterocycles. The van der Waals surface area contributed by atoms with E-state index in [1.54, 1.807) is 0 Å². The molecular formula is C17H30KNaO2. The predicted octanol–water partition coefficient (Wildman–Crippen LogP) is -1.79. The zero-order valence-corrected chi connectivity index (χ0v) is 19.5. The molecule has 2 nitrogen and oxygen atoms in total. The van der Waals surface area contributed by atoms with Gasteiger partial charge in [-0.2, -0.15) is 6.42 Å². The van der Waals surface area contributed by atoms with Crippen LogP contribution in [0.2, 0.25) is 0 Å². The minimum absolute atomic E-state index is 0. The number of carboxylic acid groups (broad SMARTS) is 1. The van der Waals surface area contributed by atoms with Crippen molar-refractivity contribution < 1.29 is 90.8 Å². The first kappa shape index (κ1) is 27.7. The summed E-state index contributed by atoms with van der Waals surface area (Å²) < 4.78 is 0. The second-order valence-corrected chi connectivity index (χ2v) is 5.21. The van der Waals surface area contributed by atoms with E-state index in [1.165, 1.54) is 51.4 Å². The topological polar surface area (TPSA) is 40.1 Å². The van der Waals surface area contributed by atoms with Crippen molar-refractivity contribution in [3.8, 4) is 0 Å². The Labute approximate surface area is 196 Å². The molecule has 112 valence electrons. The third-order valence-corrected chi connectivity index (χ3v) is 3.29. The smallest absolute Gasteiger partial charge is 0.550 e. The van der Waals surface area contributed by atoms with Crippen molar-refractivity contribution >= 4 is 5.97 Å². The zero-order chi connectivity index (χ0) is 14.2. The number of hydrogen-bond acceptors (Lipinski definition) is 2. The molecule has 0 amide bonds. The molecule has 0 N–H and O–H groups in total. The van der Waals surface area contributed by atoms with E-state index in [2.05, 4.69) is 19.1 Å². The van der Waals surface area contributed by atoms with Crippen molar-refractivity contribution in [3.63, 3.8) is 0 Å². The number of aliphatic carboxylic acids is 1. The van der Waals surface area contributed by atoms with Gasteiger partial charge in [0.2, 0.25) is 0 Å².